The third kappa shape index (κ3) is 4.09. The zero-order valence-electron chi connectivity index (χ0n) is 14.5. The van der Waals surface area contributed by atoms with Crippen molar-refractivity contribution in [2.75, 3.05) is 0 Å². The van der Waals surface area contributed by atoms with E-state index in [0.717, 1.165) is 16.7 Å². The van der Waals surface area contributed by atoms with Gasteiger partial charge in [-0.2, -0.15) is 0 Å². The van der Waals surface area contributed by atoms with Crippen LogP contribution in [-0.4, -0.2) is 5.97 Å². The molecular weight excluding hydrogens is 391 g/mol. The Balaban J connectivity index is 1.69. The van der Waals surface area contributed by atoms with Crippen molar-refractivity contribution >= 4 is 40.8 Å². The molecule has 2 atom stereocenters. The average Bonchev–Trinajstić information content (AvgIpc) is 3.14. The van der Waals surface area contributed by atoms with Crippen LogP contribution in [0.1, 0.15) is 19.4 Å². The minimum atomic E-state index is -0.234. The number of carbonyl (C=O) groups is 1. The second-order valence-corrected chi connectivity index (χ2v) is 8.48. The summed E-state index contributed by atoms with van der Waals surface area (Å²) in [5, 5.41) is 0.663. The first-order chi connectivity index (χ1) is 12.3. The summed E-state index contributed by atoms with van der Waals surface area (Å²) in [6, 6.07) is 15.5. The average molecular weight is 410 g/mol. The highest BCUT2D eigenvalue weighted by atomic mass is 35.5. The molecule has 2 aromatic carbocycles. The zero-order valence-corrected chi connectivity index (χ0v) is 16.8. The predicted molar refractivity (Wildman–Crippen MR) is 107 cm³/mol. The van der Waals surface area contributed by atoms with Crippen LogP contribution in [0.5, 0.6) is 0 Å². The van der Waals surface area contributed by atoms with Gasteiger partial charge in [-0.05, 0) is 40.7 Å². The number of ether oxygens (including phenoxy) is 1. The molecule has 0 amide bonds. The van der Waals surface area contributed by atoms with Crippen molar-refractivity contribution < 1.29 is 9.53 Å². The summed E-state index contributed by atoms with van der Waals surface area (Å²) in [7, 11) is 0. The summed E-state index contributed by atoms with van der Waals surface area (Å²) in [6.07, 6.45) is 1.71. The summed E-state index contributed by atoms with van der Waals surface area (Å²) in [5.41, 5.74) is 2.64. The minimum absolute atomic E-state index is 0.00472. The molecule has 1 aliphatic carbocycles. The van der Waals surface area contributed by atoms with E-state index in [1.165, 1.54) is 0 Å². The highest BCUT2D eigenvalue weighted by molar-refractivity contribution is 6.55. The van der Waals surface area contributed by atoms with Crippen LogP contribution < -0.4 is 0 Å². The Labute approximate surface area is 168 Å². The molecular formula is C21H19Cl3O2. The van der Waals surface area contributed by atoms with Crippen LogP contribution in [0.25, 0.3) is 11.1 Å². The summed E-state index contributed by atoms with van der Waals surface area (Å²) in [4.78, 5) is 12.4. The van der Waals surface area contributed by atoms with Crippen molar-refractivity contribution in [1.29, 1.82) is 0 Å². The first-order valence-corrected chi connectivity index (χ1v) is 9.47. The van der Waals surface area contributed by atoms with E-state index in [1.807, 2.05) is 62.4 Å². The van der Waals surface area contributed by atoms with E-state index in [1.54, 1.807) is 6.08 Å². The van der Waals surface area contributed by atoms with Gasteiger partial charge in [0.2, 0.25) is 0 Å². The van der Waals surface area contributed by atoms with Crippen LogP contribution in [0.15, 0.2) is 59.1 Å². The van der Waals surface area contributed by atoms with Gasteiger partial charge in [0.05, 0.1) is 5.92 Å². The van der Waals surface area contributed by atoms with Crippen LogP contribution in [0.2, 0.25) is 5.02 Å². The maximum atomic E-state index is 12.4. The van der Waals surface area contributed by atoms with Crippen molar-refractivity contribution in [1.82, 2.24) is 0 Å². The Hall–Kier alpha value is -1.48. The van der Waals surface area contributed by atoms with Gasteiger partial charge >= 0.3 is 5.97 Å². The molecule has 2 aromatic rings. The quantitative estimate of drug-likeness (QED) is 0.517. The van der Waals surface area contributed by atoms with Crippen molar-refractivity contribution in [2.45, 2.75) is 20.5 Å². The van der Waals surface area contributed by atoms with Crippen molar-refractivity contribution in [3.8, 4) is 11.1 Å². The Morgan fingerprint density at radius 2 is 1.85 bits per heavy atom. The lowest BCUT2D eigenvalue weighted by Gasteiger charge is -2.09. The number of rotatable bonds is 5. The fraction of sp³-hybridized carbons (Fsp3) is 0.286. The molecule has 3 rings (SSSR count). The van der Waals surface area contributed by atoms with E-state index in [-0.39, 0.29) is 34.3 Å². The minimum Gasteiger partial charge on any atom is -0.461 e. The van der Waals surface area contributed by atoms with E-state index in [9.17, 15) is 4.79 Å². The number of hydrogen-bond donors (Lipinski definition) is 0. The molecule has 26 heavy (non-hydrogen) atoms. The molecule has 1 saturated carbocycles. The molecule has 0 spiro atoms. The first kappa shape index (κ1) is 19.3. The largest absolute Gasteiger partial charge is 0.461 e. The topological polar surface area (TPSA) is 26.3 Å². The van der Waals surface area contributed by atoms with Gasteiger partial charge in [0.25, 0.3) is 0 Å². The monoisotopic (exact) mass is 408 g/mol. The third-order valence-electron chi connectivity index (χ3n) is 4.97. The van der Waals surface area contributed by atoms with Crippen molar-refractivity contribution in [2.24, 2.45) is 17.3 Å². The summed E-state index contributed by atoms with van der Waals surface area (Å²) >= 11 is 17.8. The van der Waals surface area contributed by atoms with Crippen molar-refractivity contribution in [3.05, 3.63) is 69.7 Å². The van der Waals surface area contributed by atoms with Crippen LogP contribution in [0.4, 0.5) is 0 Å². The van der Waals surface area contributed by atoms with Crippen LogP contribution in [0, 0.1) is 17.3 Å². The van der Waals surface area contributed by atoms with E-state index in [2.05, 4.69) is 0 Å². The molecule has 0 unspecified atom stereocenters. The van der Waals surface area contributed by atoms with Gasteiger partial charge < -0.3 is 4.74 Å². The zero-order chi connectivity index (χ0) is 18.9. The van der Waals surface area contributed by atoms with E-state index in [4.69, 9.17) is 39.5 Å². The number of halogens is 3. The fourth-order valence-corrected chi connectivity index (χ4v) is 3.82. The second kappa shape index (κ2) is 7.64. The molecule has 0 radical (unpaired) electrons. The Morgan fingerprint density at radius 3 is 2.50 bits per heavy atom. The molecule has 136 valence electrons. The highest BCUT2D eigenvalue weighted by Crippen LogP contribution is 2.60. The summed E-state index contributed by atoms with van der Waals surface area (Å²) < 4.78 is 5.72. The fourth-order valence-electron chi connectivity index (χ4n) is 3.32. The van der Waals surface area contributed by atoms with Gasteiger partial charge in [-0.1, -0.05) is 85.0 Å². The lowest BCUT2D eigenvalue weighted by atomic mass is 10.0. The molecule has 1 fully saturated rings. The number of allylic oxidation sites excluding steroid dienone is 1. The van der Waals surface area contributed by atoms with Crippen molar-refractivity contribution in [3.63, 3.8) is 0 Å². The molecule has 0 N–H and O–H groups in total. The number of esters is 1. The van der Waals surface area contributed by atoms with Crippen LogP contribution >= 0.6 is 34.8 Å². The van der Waals surface area contributed by atoms with E-state index in [0.29, 0.717) is 5.02 Å². The van der Waals surface area contributed by atoms with Crippen LogP contribution in [-0.2, 0) is 16.1 Å². The Morgan fingerprint density at radius 1 is 1.15 bits per heavy atom. The van der Waals surface area contributed by atoms with Gasteiger partial charge in [0, 0.05) is 10.6 Å². The van der Waals surface area contributed by atoms with E-state index < -0.39 is 0 Å². The second-order valence-electron chi connectivity index (χ2n) is 7.07. The molecule has 1 aliphatic rings. The smallest absolute Gasteiger partial charge is 0.310 e. The van der Waals surface area contributed by atoms with Gasteiger partial charge in [-0.3, -0.25) is 4.79 Å². The SMILES string of the molecule is CC1(C)[C@H](C=C(Cl)Cl)[C@@H]1C(=O)OCc1ccc(Cl)c(-c2ccccc2)c1. The molecule has 2 nitrogen and oxygen atoms in total. The number of carbonyl (C=O) groups excluding carboxylic acids is 1. The Kier molecular flexibility index (Phi) is 5.67. The Bertz CT molecular complexity index is 840. The van der Waals surface area contributed by atoms with Gasteiger partial charge in [-0.25, -0.2) is 0 Å². The molecule has 5 heteroatoms. The molecule has 0 aliphatic heterocycles. The maximum Gasteiger partial charge on any atom is 0.310 e. The molecule has 0 heterocycles. The lowest BCUT2D eigenvalue weighted by molar-refractivity contribution is -0.147. The third-order valence-corrected chi connectivity index (χ3v) is 5.55. The van der Waals surface area contributed by atoms with Gasteiger partial charge in [0.1, 0.15) is 11.1 Å². The van der Waals surface area contributed by atoms with Gasteiger partial charge in [-0.15, -0.1) is 0 Å². The predicted octanol–water partition coefficient (Wildman–Crippen LogP) is 6.64. The summed E-state index contributed by atoms with van der Waals surface area (Å²) in [6.45, 7) is 4.21. The van der Waals surface area contributed by atoms with E-state index >= 15 is 0 Å². The number of hydrogen-bond acceptors (Lipinski definition) is 2. The highest BCUT2D eigenvalue weighted by Gasteiger charge is 2.61. The van der Waals surface area contributed by atoms with Gasteiger partial charge in [0.15, 0.2) is 0 Å². The number of benzene rings is 2. The maximum absolute atomic E-state index is 12.4. The first-order valence-electron chi connectivity index (χ1n) is 8.34. The lowest BCUT2D eigenvalue weighted by Crippen LogP contribution is -2.10. The normalized spacial score (nSPS) is 20.3. The standard InChI is InChI=1S/C21H19Cl3O2/c1-21(2)16(11-18(23)24)19(21)20(25)26-12-13-8-9-17(22)15(10-13)14-6-4-3-5-7-14/h3-11,16,19H,12H2,1-2H3/t16-,19-/m1/s1. The molecule has 0 aromatic heterocycles. The molecule has 0 saturated heterocycles. The summed E-state index contributed by atoms with van der Waals surface area (Å²) in [5.74, 6) is -0.456. The van der Waals surface area contributed by atoms with Crippen LogP contribution in [0.3, 0.4) is 0 Å². The molecule has 0 bridgehead atoms.